The van der Waals surface area contributed by atoms with Crippen LogP contribution < -0.4 is 0 Å². The molecule has 2 aromatic rings. The first kappa shape index (κ1) is 18.8. The SMILES string of the molecule is O=S1(=O)CCc2ccc(Cl)nc21.SCCc1ccc(Cl)nc1Cl. The zero-order valence-corrected chi connectivity index (χ0v) is 15.8. The van der Waals surface area contributed by atoms with Gasteiger partial charge in [0.1, 0.15) is 15.5 Å². The Morgan fingerprint density at radius 2 is 1.70 bits per heavy atom. The van der Waals surface area contributed by atoms with Crippen LogP contribution in [-0.2, 0) is 22.7 Å². The Bertz CT molecular complexity index is 814. The minimum Gasteiger partial charge on any atom is -0.224 e. The zero-order valence-electron chi connectivity index (χ0n) is 11.8. The van der Waals surface area contributed by atoms with Crippen molar-refractivity contribution in [2.75, 3.05) is 11.5 Å². The van der Waals surface area contributed by atoms with Gasteiger partial charge in [0.05, 0.1) is 5.75 Å². The molecule has 1 aliphatic heterocycles. The van der Waals surface area contributed by atoms with Crippen LogP contribution in [0.2, 0.25) is 15.5 Å². The van der Waals surface area contributed by atoms with Crippen LogP contribution in [0.1, 0.15) is 11.1 Å². The third-order valence-corrected chi connectivity index (χ3v) is 5.77. The van der Waals surface area contributed by atoms with Gasteiger partial charge in [0.15, 0.2) is 14.9 Å². The fourth-order valence-corrected chi connectivity index (χ4v) is 4.36. The van der Waals surface area contributed by atoms with Crippen LogP contribution in [-0.4, -0.2) is 29.9 Å². The van der Waals surface area contributed by atoms with E-state index in [9.17, 15) is 8.42 Å². The molecule has 23 heavy (non-hydrogen) atoms. The fourth-order valence-electron chi connectivity index (χ4n) is 2.00. The lowest BCUT2D eigenvalue weighted by Gasteiger charge is -1.99. The van der Waals surface area contributed by atoms with Crippen LogP contribution in [0.5, 0.6) is 0 Å². The predicted octanol–water partition coefficient (Wildman–Crippen LogP) is 3.93. The molecule has 0 aromatic carbocycles. The highest BCUT2D eigenvalue weighted by Gasteiger charge is 2.27. The molecule has 0 aliphatic carbocycles. The molecule has 4 nitrogen and oxygen atoms in total. The highest BCUT2D eigenvalue weighted by Crippen LogP contribution is 2.24. The van der Waals surface area contributed by atoms with E-state index in [-0.39, 0.29) is 15.9 Å². The Morgan fingerprint density at radius 1 is 1.04 bits per heavy atom. The maximum atomic E-state index is 11.3. The number of aromatic nitrogens is 2. The second-order valence-electron chi connectivity index (χ2n) is 4.72. The number of sulfone groups is 1. The molecule has 0 radical (unpaired) electrons. The van der Waals surface area contributed by atoms with Gasteiger partial charge in [-0.1, -0.05) is 46.9 Å². The summed E-state index contributed by atoms with van der Waals surface area (Å²) >= 11 is 21.0. The summed E-state index contributed by atoms with van der Waals surface area (Å²) in [6, 6.07) is 6.93. The number of halogens is 3. The topological polar surface area (TPSA) is 59.9 Å². The first-order chi connectivity index (χ1) is 10.8. The second kappa shape index (κ2) is 8.03. The van der Waals surface area contributed by atoms with Crippen molar-refractivity contribution in [2.24, 2.45) is 0 Å². The van der Waals surface area contributed by atoms with E-state index in [1.807, 2.05) is 6.07 Å². The molecular weight excluding hydrogens is 399 g/mol. The lowest BCUT2D eigenvalue weighted by Crippen LogP contribution is -2.00. The predicted molar refractivity (Wildman–Crippen MR) is 96.8 cm³/mol. The van der Waals surface area contributed by atoms with Gasteiger partial charge in [0.25, 0.3) is 0 Å². The Balaban J connectivity index is 0.000000168. The average Bonchev–Trinajstić information content (AvgIpc) is 2.78. The molecular formula is C14H13Cl3N2O2S2. The monoisotopic (exact) mass is 410 g/mol. The molecule has 2 aromatic heterocycles. The van der Waals surface area contributed by atoms with Crippen LogP contribution >= 0.6 is 47.4 Å². The Labute approximate surface area is 155 Å². The molecule has 0 fully saturated rings. The molecule has 0 atom stereocenters. The Morgan fingerprint density at radius 3 is 2.35 bits per heavy atom. The molecule has 3 heterocycles. The number of nitrogens with zero attached hydrogens (tertiary/aromatic N) is 2. The molecule has 0 spiro atoms. The van der Waals surface area contributed by atoms with Crippen molar-refractivity contribution in [3.8, 4) is 0 Å². The van der Waals surface area contributed by atoms with Gasteiger partial charge in [-0.2, -0.15) is 12.6 Å². The van der Waals surface area contributed by atoms with Crippen LogP contribution in [0.3, 0.4) is 0 Å². The minimum absolute atomic E-state index is 0.162. The molecule has 0 N–H and O–H groups in total. The average molecular weight is 412 g/mol. The molecule has 9 heteroatoms. The summed E-state index contributed by atoms with van der Waals surface area (Å²) in [6.07, 6.45) is 1.38. The van der Waals surface area contributed by atoms with Gasteiger partial charge in [-0.25, -0.2) is 18.4 Å². The van der Waals surface area contributed by atoms with Crippen LogP contribution in [0.4, 0.5) is 0 Å². The first-order valence-electron chi connectivity index (χ1n) is 6.63. The maximum Gasteiger partial charge on any atom is 0.196 e. The van der Waals surface area contributed by atoms with Crippen molar-refractivity contribution in [1.82, 2.24) is 9.97 Å². The lowest BCUT2D eigenvalue weighted by atomic mass is 10.2. The molecule has 0 unspecified atom stereocenters. The summed E-state index contributed by atoms with van der Waals surface area (Å²) in [6.45, 7) is 0. The normalized spacial score (nSPS) is 14.8. The minimum atomic E-state index is -3.12. The molecule has 0 amide bonds. The standard InChI is InChI=1S/C7H7Cl2NS.C7H6ClNO2S/c8-6-2-1-5(3-4-11)7(9)10-6;8-6-2-1-5-3-4-12(10,11)7(5)9-6/h1-2,11H,3-4H2;1-2H,3-4H2. The summed E-state index contributed by atoms with van der Waals surface area (Å²) in [4.78, 5) is 7.67. The van der Waals surface area contributed by atoms with E-state index in [0.29, 0.717) is 16.7 Å². The van der Waals surface area contributed by atoms with Gasteiger partial charge in [0.2, 0.25) is 0 Å². The van der Waals surface area contributed by atoms with Gasteiger partial charge in [-0.3, -0.25) is 0 Å². The van der Waals surface area contributed by atoms with Crippen molar-refractivity contribution in [1.29, 1.82) is 0 Å². The highest BCUT2D eigenvalue weighted by atomic mass is 35.5. The molecule has 0 bridgehead atoms. The highest BCUT2D eigenvalue weighted by molar-refractivity contribution is 7.91. The van der Waals surface area contributed by atoms with Gasteiger partial charge < -0.3 is 0 Å². The van der Waals surface area contributed by atoms with E-state index >= 15 is 0 Å². The first-order valence-corrected chi connectivity index (χ1v) is 10.1. The van der Waals surface area contributed by atoms with Crippen LogP contribution in [0, 0.1) is 0 Å². The third-order valence-electron chi connectivity index (χ3n) is 3.11. The van der Waals surface area contributed by atoms with Crippen molar-refractivity contribution in [2.45, 2.75) is 17.9 Å². The smallest absolute Gasteiger partial charge is 0.196 e. The van der Waals surface area contributed by atoms with Crippen molar-refractivity contribution < 1.29 is 8.42 Å². The number of thiol groups is 1. The number of pyridine rings is 2. The number of hydrogen-bond donors (Lipinski definition) is 1. The van der Waals surface area contributed by atoms with E-state index in [4.69, 9.17) is 34.8 Å². The van der Waals surface area contributed by atoms with Gasteiger partial charge in [-0.15, -0.1) is 0 Å². The molecule has 3 rings (SSSR count). The summed E-state index contributed by atoms with van der Waals surface area (Å²) in [5.74, 6) is 0.929. The van der Waals surface area contributed by atoms with Crippen molar-refractivity contribution in [3.05, 3.63) is 50.9 Å². The molecule has 0 saturated heterocycles. The quantitative estimate of drug-likeness (QED) is 0.601. The van der Waals surface area contributed by atoms with E-state index < -0.39 is 9.84 Å². The van der Waals surface area contributed by atoms with E-state index in [2.05, 4.69) is 22.6 Å². The zero-order chi connectivity index (χ0) is 17.0. The van der Waals surface area contributed by atoms with E-state index in [1.54, 1.807) is 18.2 Å². The Hall–Kier alpha value is -0.530. The van der Waals surface area contributed by atoms with Gasteiger partial charge in [-0.05, 0) is 41.9 Å². The lowest BCUT2D eigenvalue weighted by molar-refractivity contribution is 0.597. The van der Waals surface area contributed by atoms with E-state index in [1.165, 1.54) is 0 Å². The summed E-state index contributed by atoms with van der Waals surface area (Å²) < 4.78 is 22.6. The Kier molecular flexibility index (Phi) is 6.57. The summed E-state index contributed by atoms with van der Waals surface area (Å²) in [5.41, 5.74) is 1.77. The second-order valence-corrected chi connectivity index (χ2v) is 8.33. The van der Waals surface area contributed by atoms with Gasteiger partial charge in [0, 0.05) is 0 Å². The van der Waals surface area contributed by atoms with Crippen LogP contribution in [0.25, 0.3) is 0 Å². The van der Waals surface area contributed by atoms with Crippen molar-refractivity contribution in [3.63, 3.8) is 0 Å². The fraction of sp³-hybridized carbons (Fsp3) is 0.286. The van der Waals surface area contributed by atoms with Crippen molar-refractivity contribution >= 4 is 57.3 Å². The molecule has 1 aliphatic rings. The molecule has 0 saturated carbocycles. The number of rotatable bonds is 2. The summed E-state index contributed by atoms with van der Waals surface area (Å²) in [5, 5.41) is 1.30. The maximum absolute atomic E-state index is 11.3. The summed E-state index contributed by atoms with van der Waals surface area (Å²) in [7, 11) is -3.12. The van der Waals surface area contributed by atoms with Gasteiger partial charge >= 0.3 is 0 Å². The van der Waals surface area contributed by atoms with E-state index in [0.717, 1.165) is 23.3 Å². The third kappa shape index (κ3) is 4.97. The number of hydrogen-bond acceptors (Lipinski definition) is 5. The largest absolute Gasteiger partial charge is 0.224 e. The van der Waals surface area contributed by atoms with Crippen LogP contribution in [0.15, 0.2) is 29.3 Å². The number of fused-ring (bicyclic) bond motifs is 1. The molecule has 124 valence electrons. The number of aryl methyl sites for hydroxylation is 2.